The molecule has 1 aromatic carbocycles. The van der Waals surface area contributed by atoms with Crippen LogP contribution in [0, 0.1) is 6.92 Å². The van der Waals surface area contributed by atoms with Gasteiger partial charge in [-0.25, -0.2) is 4.99 Å². The van der Waals surface area contributed by atoms with Crippen LogP contribution in [0.3, 0.4) is 0 Å². The van der Waals surface area contributed by atoms with Gasteiger partial charge in [0.15, 0.2) is 0 Å². The van der Waals surface area contributed by atoms with E-state index in [-0.39, 0.29) is 0 Å². The Bertz CT molecular complexity index is 690. The number of rotatable bonds is 2. The van der Waals surface area contributed by atoms with E-state index < -0.39 is 0 Å². The van der Waals surface area contributed by atoms with Gasteiger partial charge in [0.1, 0.15) is 5.84 Å². The summed E-state index contributed by atoms with van der Waals surface area (Å²) in [6, 6.07) is 8.99. The number of likely N-dealkylation sites (N-methyl/N-ethyl adjacent to an activating group) is 1. The first kappa shape index (κ1) is 14.8. The lowest BCUT2D eigenvalue weighted by Gasteiger charge is -2.29. The third-order valence-electron chi connectivity index (χ3n) is 4.10. The summed E-state index contributed by atoms with van der Waals surface area (Å²) in [5.41, 5.74) is 3.81. The average molecular weight is 363 g/mol. The topological polar surface area (TPSA) is 15.6 Å². The summed E-state index contributed by atoms with van der Waals surface area (Å²) < 4.78 is 1.13. The molecule has 2 nitrogen and oxygen atoms in total. The third-order valence-corrected chi connectivity index (χ3v) is 5.71. The van der Waals surface area contributed by atoms with E-state index in [1.165, 1.54) is 16.0 Å². The van der Waals surface area contributed by atoms with Gasteiger partial charge >= 0.3 is 0 Å². The number of nitrogens with zero attached hydrogens (tertiary/aromatic N) is 2. The Morgan fingerprint density at radius 2 is 2.19 bits per heavy atom. The molecule has 0 radical (unpaired) electrons. The van der Waals surface area contributed by atoms with Gasteiger partial charge in [0.25, 0.3) is 0 Å². The van der Waals surface area contributed by atoms with Gasteiger partial charge in [-0.3, -0.25) is 0 Å². The Labute approximate surface area is 138 Å². The van der Waals surface area contributed by atoms with Gasteiger partial charge in [-0.05, 0) is 54.1 Å². The number of hydrogen-bond donors (Lipinski definition) is 0. The van der Waals surface area contributed by atoms with Crippen LogP contribution in [0.2, 0.25) is 0 Å². The molecule has 1 aromatic heterocycles. The van der Waals surface area contributed by atoms with Crippen LogP contribution < -0.4 is 0 Å². The van der Waals surface area contributed by atoms with Crippen molar-refractivity contribution < 1.29 is 0 Å². The van der Waals surface area contributed by atoms with Gasteiger partial charge in [-0.15, -0.1) is 11.3 Å². The van der Waals surface area contributed by atoms with Gasteiger partial charge in [0.05, 0.1) is 11.7 Å². The number of hydrogen-bond acceptors (Lipinski definition) is 3. The molecule has 3 rings (SSSR count). The lowest BCUT2D eigenvalue weighted by atomic mass is 10.0. The zero-order valence-electron chi connectivity index (χ0n) is 12.6. The molecule has 1 aliphatic rings. The van der Waals surface area contributed by atoms with Crippen LogP contribution in [0.1, 0.15) is 35.4 Å². The molecule has 0 bridgehead atoms. The maximum absolute atomic E-state index is 4.90. The fraction of sp³-hybridized carbons (Fsp3) is 0.353. The minimum Gasteiger partial charge on any atom is -0.355 e. The van der Waals surface area contributed by atoms with Crippen LogP contribution in [-0.4, -0.2) is 17.8 Å². The van der Waals surface area contributed by atoms with Crippen LogP contribution in [0.25, 0.3) is 0 Å². The molecule has 0 spiro atoms. The van der Waals surface area contributed by atoms with E-state index in [1.54, 1.807) is 0 Å². The van der Waals surface area contributed by atoms with E-state index in [2.05, 4.69) is 71.4 Å². The molecule has 0 N–H and O–H groups in total. The van der Waals surface area contributed by atoms with E-state index >= 15 is 0 Å². The van der Waals surface area contributed by atoms with Gasteiger partial charge in [0.2, 0.25) is 0 Å². The maximum Gasteiger partial charge on any atom is 0.105 e. The first-order chi connectivity index (χ1) is 10.1. The van der Waals surface area contributed by atoms with Crippen LogP contribution in [-0.2, 0) is 6.42 Å². The third kappa shape index (κ3) is 2.79. The normalized spacial score (nSPS) is 18.2. The molecule has 0 amide bonds. The lowest BCUT2D eigenvalue weighted by Crippen LogP contribution is -2.30. The maximum atomic E-state index is 4.90. The minimum atomic E-state index is 0.374. The highest BCUT2D eigenvalue weighted by atomic mass is 79.9. The lowest BCUT2D eigenvalue weighted by molar-refractivity contribution is 0.374. The molecule has 0 aliphatic carbocycles. The highest BCUT2D eigenvalue weighted by Crippen LogP contribution is 2.37. The zero-order valence-corrected chi connectivity index (χ0v) is 15.0. The van der Waals surface area contributed by atoms with Gasteiger partial charge < -0.3 is 4.90 Å². The van der Waals surface area contributed by atoms with Crippen molar-refractivity contribution in [3.05, 3.63) is 50.1 Å². The van der Waals surface area contributed by atoms with Crippen molar-refractivity contribution >= 4 is 38.8 Å². The number of halogens is 1. The number of aryl methyl sites for hydroxylation is 1. The summed E-state index contributed by atoms with van der Waals surface area (Å²) in [5.74, 6) is 1.16. The highest BCUT2D eigenvalue weighted by molar-refractivity contribution is 9.10. The number of thiophene rings is 1. The second-order valence-corrected chi connectivity index (χ2v) is 7.32. The van der Waals surface area contributed by atoms with Crippen LogP contribution in [0.4, 0.5) is 5.69 Å². The summed E-state index contributed by atoms with van der Waals surface area (Å²) in [5, 5.41) is 2.19. The fourth-order valence-electron chi connectivity index (χ4n) is 2.89. The summed E-state index contributed by atoms with van der Waals surface area (Å²) in [6.07, 6.45) is 1.95. The Morgan fingerprint density at radius 3 is 2.86 bits per heavy atom. The van der Waals surface area contributed by atoms with E-state index in [0.29, 0.717) is 6.04 Å². The van der Waals surface area contributed by atoms with Crippen molar-refractivity contribution in [2.24, 2.45) is 4.99 Å². The van der Waals surface area contributed by atoms with Crippen molar-refractivity contribution in [2.75, 3.05) is 7.05 Å². The minimum absolute atomic E-state index is 0.374. The Hall–Kier alpha value is -1.13. The Balaban J connectivity index is 2.11. The fourth-order valence-corrected chi connectivity index (χ4v) is 4.37. The Kier molecular flexibility index (Phi) is 4.18. The molecule has 2 heterocycles. The van der Waals surface area contributed by atoms with Crippen molar-refractivity contribution in [2.45, 2.75) is 32.7 Å². The predicted octanol–water partition coefficient (Wildman–Crippen LogP) is 5.49. The first-order valence-corrected chi connectivity index (χ1v) is 8.90. The number of aliphatic imine (C=N–C) groups is 1. The van der Waals surface area contributed by atoms with E-state index in [0.717, 1.165) is 28.8 Å². The molecule has 0 saturated heterocycles. The quantitative estimate of drug-likeness (QED) is 0.689. The molecule has 21 heavy (non-hydrogen) atoms. The number of benzene rings is 1. The number of fused-ring (bicyclic) bond motifs is 1. The highest BCUT2D eigenvalue weighted by Gasteiger charge is 2.26. The smallest absolute Gasteiger partial charge is 0.105 e. The molecule has 0 saturated carbocycles. The monoisotopic (exact) mass is 362 g/mol. The van der Waals surface area contributed by atoms with Gasteiger partial charge in [-0.2, -0.15) is 0 Å². The summed E-state index contributed by atoms with van der Waals surface area (Å²) in [7, 11) is 2.17. The standard InChI is InChI=1S/C17H19BrN2S/c1-4-16-19-14-6-5-13(18)9-12(14)10-15(20(16)3)17-11(2)7-8-21-17/h5-9,15H,4,10H2,1-3H3. The summed E-state index contributed by atoms with van der Waals surface area (Å²) in [6.45, 7) is 4.38. The van der Waals surface area contributed by atoms with Gasteiger partial charge in [0, 0.05) is 22.8 Å². The van der Waals surface area contributed by atoms with Crippen LogP contribution in [0.15, 0.2) is 39.1 Å². The van der Waals surface area contributed by atoms with Crippen molar-refractivity contribution in [1.29, 1.82) is 0 Å². The molecule has 1 aliphatic heterocycles. The zero-order chi connectivity index (χ0) is 15.0. The van der Waals surface area contributed by atoms with Crippen molar-refractivity contribution in [1.82, 2.24) is 4.90 Å². The number of amidine groups is 1. The molecular formula is C17H19BrN2S. The van der Waals surface area contributed by atoms with Crippen molar-refractivity contribution in [3.63, 3.8) is 0 Å². The molecule has 0 fully saturated rings. The largest absolute Gasteiger partial charge is 0.355 e. The molecule has 1 atom stereocenters. The SMILES string of the molecule is CCC1=Nc2ccc(Br)cc2CC(c2sccc2C)N1C. The van der Waals surface area contributed by atoms with Crippen LogP contribution >= 0.6 is 27.3 Å². The average Bonchev–Trinajstić information content (AvgIpc) is 2.83. The molecule has 4 heteroatoms. The molecule has 110 valence electrons. The van der Waals surface area contributed by atoms with E-state index in [1.807, 2.05) is 11.3 Å². The molecule has 1 unspecified atom stereocenters. The molecule has 2 aromatic rings. The summed E-state index contributed by atoms with van der Waals surface area (Å²) in [4.78, 5) is 8.70. The molecular weight excluding hydrogens is 344 g/mol. The van der Waals surface area contributed by atoms with Crippen molar-refractivity contribution in [3.8, 4) is 0 Å². The van der Waals surface area contributed by atoms with Crippen LogP contribution in [0.5, 0.6) is 0 Å². The Morgan fingerprint density at radius 1 is 1.38 bits per heavy atom. The van der Waals surface area contributed by atoms with E-state index in [9.17, 15) is 0 Å². The second kappa shape index (κ2) is 5.93. The first-order valence-electron chi connectivity index (χ1n) is 7.23. The second-order valence-electron chi connectivity index (χ2n) is 5.45. The predicted molar refractivity (Wildman–Crippen MR) is 94.8 cm³/mol. The van der Waals surface area contributed by atoms with Gasteiger partial charge in [-0.1, -0.05) is 22.9 Å². The summed E-state index contributed by atoms with van der Waals surface area (Å²) >= 11 is 5.44. The van der Waals surface area contributed by atoms with E-state index in [4.69, 9.17) is 4.99 Å².